The van der Waals surface area contributed by atoms with Crippen LogP contribution in [-0.2, 0) is 15.0 Å². The lowest BCUT2D eigenvalue weighted by Crippen LogP contribution is -2.45. The lowest BCUT2D eigenvalue weighted by atomic mass is 9.68. The van der Waals surface area contributed by atoms with Crippen molar-refractivity contribution in [1.82, 2.24) is 0 Å². The number of fused-ring (bicyclic) bond motifs is 2. The van der Waals surface area contributed by atoms with Crippen LogP contribution in [0, 0.1) is 0 Å². The highest BCUT2D eigenvalue weighted by molar-refractivity contribution is 6.04. The Bertz CT molecular complexity index is 1120. The van der Waals surface area contributed by atoms with Gasteiger partial charge < -0.3 is 11.5 Å². The third kappa shape index (κ3) is 2.70. The molecule has 4 N–H and O–H groups in total. The summed E-state index contributed by atoms with van der Waals surface area (Å²) in [5.74, 6) is -1.18. The summed E-state index contributed by atoms with van der Waals surface area (Å²) in [6, 6.07) is 26.9. The van der Waals surface area contributed by atoms with Gasteiger partial charge in [0.05, 0.1) is 0 Å². The van der Waals surface area contributed by atoms with Crippen molar-refractivity contribution in [3.8, 4) is 0 Å². The highest BCUT2D eigenvalue weighted by Gasteiger charge is 2.44. The number of nitrogens with two attached hydrogens (primary N) is 2. The molecule has 0 aliphatic rings. The predicted molar refractivity (Wildman–Crippen MR) is 112 cm³/mol. The van der Waals surface area contributed by atoms with Crippen molar-refractivity contribution in [2.45, 2.75) is 11.8 Å². The molecule has 4 heteroatoms. The SMILES string of the molecule is NC(=O)CC(C(N)=O)(c1cccc2ccccc12)c1cccc2ccccc12. The van der Waals surface area contributed by atoms with Crippen LogP contribution in [0.15, 0.2) is 84.9 Å². The van der Waals surface area contributed by atoms with Gasteiger partial charge in [-0.1, -0.05) is 84.9 Å². The summed E-state index contributed by atoms with van der Waals surface area (Å²) in [5, 5.41) is 3.68. The highest BCUT2D eigenvalue weighted by Crippen LogP contribution is 2.42. The molecule has 0 saturated carbocycles. The van der Waals surface area contributed by atoms with E-state index >= 15 is 0 Å². The van der Waals surface area contributed by atoms with Crippen LogP contribution >= 0.6 is 0 Å². The first-order chi connectivity index (χ1) is 13.5. The van der Waals surface area contributed by atoms with Crippen LogP contribution in [0.1, 0.15) is 17.5 Å². The van der Waals surface area contributed by atoms with Crippen LogP contribution in [-0.4, -0.2) is 11.8 Å². The predicted octanol–water partition coefficient (Wildman–Crippen LogP) is 3.64. The fourth-order valence-electron chi connectivity index (χ4n) is 4.14. The highest BCUT2D eigenvalue weighted by atomic mass is 16.2. The number of hydrogen-bond acceptors (Lipinski definition) is 2. The Morgan fingerprint density at radius 3 is 1.50 bits per heavy atom. The monoisotopic (exact) mass is 368 g/mol. The van der Waals surface area contributed by atoms with Crippen molar-refractivity contribution in [3.63, 3.8) is 0 Å². The Labute approximate surface area is 162 Å². The van der Waals surface area contributed by atoms with E-state index in [4.69, 9.17) is 11.5 Å². The molecule has 0 bridgehead atoms. The third-order valence-electron chi connectivity index (χ3n) is 5.36. The third-order valence-corrected chi connectivity index (χ3v) is 5.36. The van der Waals surface area contributed by atoms with Gasteiger partial charge >= 0.3 is 0 Å². The van der Waals surface area contributed by atoms with Crippen LogP contribution in [0.3, 0.4) is 0 Å². The number of primary amides is 2. The van der Waals surface area contributed by atoms with E-state index in [9.17, 15) is 9.59 Å². The van der Waals surface area contributed by atoms with Gasteiger partial charge in [-0.2, -0.15) is 0 Å². The van der Waals surface area contributed by atoms with Crippen LogP contribution < -0.4 is 11.5 Å². The molecular formula is C24H20N2O2. The lowest BCUT2D eigenvalue weighted by Gasteiger charge is -2.33. The fourth-order valence-corrected chi connectivity index (χ4v) is 4.14. The topological polar surface area (TPSA) is 86.2 Å². The van der Waals surface area contributed by atoms with E-state index in [1.165, 1.54) is 0 Å². The number of amides is 2. The maximum atomic E-state index is 13.1. The van der Waals surface area contributed by atoms with Crippen molar-refractivity contribution in [1.29, 1.82) is 0 Å². The van der Waals surface area contributed by atoms with Gasteiger partial charge in [0.2, 0.25) is 11.8 Å². The van der Waals surface area contributed by atoms with E-state index < -0.39 is 17.2 Å². The molecule has 4 aromatic carbocycles. The number of carbonyl (C=O) groups is 2. The fraction of sp³-hybridized carbons (Fsp3) is 0.0833. The van der Waals surface area contributed by atoms with Crippen LogP contribution in [0.25, 0.3) is 21.5 Å². The molecule has 0 aliphatic carbocycles. The molecule has 4 aromatic rings. The molecule has 28 heavy (non-hydrogen) atoms. The Kier molecular flexibility index (Phi) is 4.32. The molecule has 0 spiro atoms. The molecule has 0 saturated heterocycles. The second kappa shape index (κ2) is 6.82. The maximum Gasteiger partial charge on any atom is 0.233 e. The molecule has 0 fully saturated rings. The van der Waals surface area contributed by atoms with Gasteiger partial charge in [0.1, 0.15) is 5.41 Å². The first kappa shape index (κ1) is 17.7. The second-order valence-corrected chi connectivity index (χ2v) is 6.97. The quantitative estimate of drug-likeness (QED) is 0.563. The molecule has 4 rings (SSSR count). The molecular weight excluding hydrogens is 348 g/mol. The van der Waals surface area contributed by atoms with Gasteiger partial charge in [-0.05, 0) is 32.7 Å². The lowest BCUT2D eigenvalue weighted by molar-refractivity contribution is -0.127. The molecule has 138 valence electrons. The second-order valence-electron chi connectivity index (χ2n) is 6.97. The minimum absolute atomic E-state index is 0.204. The minimum Gasteiger partial charge on any atom is -0.370 e. The van der Waals surface area contributed by atoms with Crippen molar-refractivity contribution >= 4 is 33.4 Å². The summed E-state index contributed by atoms with van der Waals surface area (Å²) >= 11 is 0. The molecule has 4 nitrogen and oxygen atoms in total. The minimum atomic E-state index is -1.37. The number of hydrogen-bond donors (Lipinski definition) is 2. The van der Waals surface area contributed by atoms with E-state index in [0.29, 0.717) is 11.1 Å². The average Bonchev–Trinajstić information content (AvgIpc) is 2.71. The van der Waals surface area contributed by atoms with Gasteiger partial charge in [0, 0.05) is 6.42 Å². The zero-order chi connectivity index (χ0) is 19.7. The summed E-state index contributed by atoms with van der Waals surface area (Å²) < 4.78 is 0. The molecule has 0 heterocycles. The van der Waals surface area contributed by atoms with Crippen LogP contribution in [0.4, 0.5) is 0 Å². The van der Waals surface area contributed by atoms with E-state index in [1.54, 1.807) is 0 Å². The van der Waals surface area contributed by atoms with Crippen molar-refractivity contribution in [2.75, 3.05) is 0 Å². The summed E-state index contributed by atoms with van der Waals surface area (Å²) in [6.07, 6.45) is -0.204. The van der Waals surface area contributed by atoms with Crippen molar-refractivity contribution in [3.05, 3.63) is 96.1 Å². The Balaban J connectivity index is 2.16. The molecule has 0 radical (unpaired) electrons. The Morgan fingerprint density at radius 2 is 1.07 bits per heavy atom. The van der Waals surface area contributed by atoms with Gasteiger partial charge in [-0.3, -0.25) is 9.59 Å². The van der Waals surface area contributed by atoms with E-state index in [0.717, 1.165) is 21.5 Å². The molecule has 0 aromatic heterocycles. The van der Waals surface area contributed by atoms with Crippen LogP contribution in [0.5, 0.6) is 0 Å². The number of carbonyl (C=O) groups excluding carboxylic acids is 2. The molecule has 0 aliphatic heterocycles. The van der Waals surface area contributed by atoms with Gasteiger partial charge in [0.15, 0.2) is 0 Å². The Morgan fingerprint density at radius 1 is 0.643 bits per heavy atom. The first-order valence-corrected chi connectivity index (χ1v) is 9.09. The van der Waals surface area contributed by atoms with E-state index in [1.807, 2.05) is 84.9 Å². The number of benzene rings is 4. The summed E-state index contributed by atoms with van der Waals surface area (Å²) in [6.45, 7) is 0. The van der Waals surface area contributed by atoms with Crippen molar-refractivity contribution < 1.29 is 9.59 Å². The summed E-state index contributed by atoms with van der Waals surface area (Å²) in [5.41, 5.74) is 11.7. The number of rotatable bonds is 5. The maximum absolute atomic E-state index is 13.1. The zero-order valence-corrected chi connectivity index (χ0v) is 15.3. The standard InChI is InChI=1S/C24H20N2O2/c25-22(27)15-24(23(26)28,20-13-5-9-16-7-1-3-11-18(16)20)21-14-6-10-17-8-2-4-12-19(17)21/h1-14H,15H2,(H2,25,27)(H2,26,28). The van der Waals surface area contributed by atoms with Gasteiger partial charge in [-0.15, -0.1) is 0 Å². The molecule has 0 atom stereocenters. The van der Waals surface area contributed by atoms with E-state index in [-0.39, 0.29) is 6.42 Å². The largest absolute Gasteiger partial charge is 0.370 e. The Hall–Kier alpha value is -3.66. The average molecular weight is 368 g/mol. The van der Waals surface area contributed by atoms with E-state index in [2.05, 4.69) is 0 Å². The molecule has 0 unspecified atom stereocenters. The normalized spacial score (nSPS) is 11.6. The molecule has 2 amide bonds. The van der Waals surface area contributed by atoms with Crippen LogP contribution in [0.2, 0.25) is 0 Å². The van der Waals surface area contributed by atoms with Gasteiger partial charge in [-0.25, -0.2) is 0 Å². The zero-order valence-electron chi connectivity index (χ0n) is 15.3. The first-order valence-electron chi connectivity index (χ1n) is 9.09. The smallest absolute Gasteiger partial charge is 0.233 e. The summed E-state index contributed by atoms with van der Waals surface area (Å²) in [7, 11) is 0. The van der Waals surface area contributed by atoms with Crippen molar-refractivity contribution in [2.24, 2.45) is 11.5 Å². The van der Waals surface area contributed by atoms with Gasteiger partial charge in [0.25, 0.3) is 0 Å². The summed E-state index contributed by atoms with van der Waals surface area (Å²) in [4.78, 5) is 25.2.